The summed E-state index contributed by atoms with van der Waals surface area (Å²) in [5, 5.41) is 8.57. The predicted molar refractivity (Wildman–Crippen MR) is 66.4 cm³/mol. The van der Waals surface area contributed by atoms with E-state index in [2.05, 4.69) is 21.4 Å². The molecule has 0 aromatic carbocycles. The van der Waals surface area contributed by atoms with Crippen LogP contribution in [0.4, 0.5) is 0 Å². The fourth-order valence-electron chi connectivity index (χ4n) is 1.54. The lowest BCUT2D eigenvalue weighted by Crippen LogP contribution is -1.97. The van der Waals surface area contributed by atoms with Crippen molar-refractivity contribution in [1.82, 2.24) is 15.2 Å². The standard InChI is InChI=1S/C12H8N3O2S/c1-18-12-13-10(8-4-2-6-16-8)11(14-15-12)9-5-3-7-17-9/h2-7H,1H2. The van der Waals surface area contributed by atoms with Crippen LogP contribution in [0, 0.1) is 6.26 Å². The first-order chi connectivity index (χ1) is 8.88. The normalized spacial score (nSPS) is 10.7. The molecule has 3 aromatic heterocycles. The van der Waals surface area contributed by atoms with Crippen molar-refractivity contribution < 1.29 is 8.83 Å². The molecule has 0 N–H and O–H groups in total. The van der Waals surface area contributed by atoms with Crippen molar-refractivity contribution in [2.24, 2.45) is 0 Å². The molecule has 18 heavy (non-hydrogen) atoms. The number of aromatic nitrogens is 3. The first-order valence-electron chi connectivity index (χ1n) is 5.13. The fourth-order valence-corrected chi connectivity index (χ4v) is 1.79. The third-order valence-corrected chi connectivity index (χ3v) is 2.74. The zero-order chi connectivity index (χ0) is 12.4. The highest BCUT2D eigenvalue weighted by molar-refractivity contribution is 8.00. The molecule has 0 saturated carbocycles. The van der Waals surface area contributed by atoms with Gasteiger partial charge in [0, 0.05) is 6.26 Å². The minimum Gasteiger partial charge on any atom is -0.463 e. The molecule has 0 aliphatic carbocycles. The number of thioether (sulfide) groups is 1. The lowest BCUT2D eigenvalue weighted by atomic mass is 10.2. The molecular formula is C12H8N3O2S. The molecule has 0 fully saturated rings. The summed E-state index contributed by atoms with van der Waals surface area (Å²) in [6.07, 6.45) is 6.83. The van der Waals surface area contributed by atoms with Crippen molar-refractivity contribution >= 4 is 11.8 Å². The summed E-state index contributed by atoms with van der Waals surface area (Å²) in [5.74, 6) is 1.22. The van der Waals surface area contributed by atoms with E-state index < -0.39 is 0 Å². The summed E-state index contributed by atoms with van der Waals surface area (Å²) in [4.78, 5) is 4.36. The van der Waals surface area contributed by atoms with Gasteiger partial charge in [-0.05, 0) is 24.3 Å². The monoisotopic (exact) mass is 258 g/mol. The Morgan fingerprint density at radius 1 is 0.944 bits per heavy atom. The Balaban J connectivity index is 2.19. The van der Waals surface area contributed by atoms with E-state index in [4.69, 9.17) is 8.83 Å². The van der Waals surface area contributed by atoms with Crippen LogP contribution in [-0.4, -0.2) is 15.2 Å². The van der Waals surface area contributed by atoms with E-state index in [1.165, 1.54) is 11.8 Å². The number of nitrogens with zero attached hydrogens (tertiary/aromatic N) is 3. The van der Waals surface area contributed by atoms with Gasteiger partial charge in [0.25, 0.3) is 0 Å². The molecule has 0 unspecified atom stereocenters. The second kappa shape index (κ2) is 4.66. The Morgan fingerprint density at radius 2 is 1.61 bits per heavy atom. The SMILES string of the molecule is [CH2]Sc1nnc(-c2ccco2)c(-c2ccco2)n1. The third-order valence-electron chi connectivity index (χ3n) is 2.31. The molecule has 0 spiro atoms. The summed E-state index contributed by atoms with van der Waals surface area (Å²) in [7, 11) is 0. The van der Waals surface area contributed by atoms with Crippen LogP contribution < -0.4 is 0 Å². The molecule has 6 heteroatoms. The minimum atomic E-state index is 0.483. The zero-order valence-corrected chi connectivity index (χ0v) is 10.1. The maximum Gasteiger partial charge on any atom is 0.209 e. The fraction of sp³-hybridized carbons (Fsp3) is 0. The van der Waals surface area contributed by atoms with Crippen LogP contribution in [0.1, 0.15) is 0 Å². The number of rotatable bonds is 3. The molecule has 0 aliphatic heterocycles. The van der Waals surface area contributed by atoms with Crippen LogP contribution in [0.3, 0.4) is 0 Å². The van der Waals surface area contributed by atoms with Gasteiger partial charge in [-0.1, -0.05) is 11.8 Å². The average Bonchev–Trinajstić information content (AvgIpc) is 3.11. The Bertz CT molecular complexity index is 635. The van der Waals surface area contributed by atoms with Gasteiger partial charge in [-0.2, -0.15) is 0 Å². The van der Waals surface area contributed by atoms with Crippen molar-refractivity contribution in [3.63, 3.8) is 0 Å². The van der Waals surface area contributed by atoms with E-state index in [0.29, 0.717) is 28.1 Å². The second-order valence-corrected chi connectivity index (χ2v) is 4.04. The van der Waals surface area contributed by atoms with E-state index in [9.17, 15) is 0 Å². The van der Waals surface area contributed by atoms with Crippen molar-refractivity contribution in [1.29, 1.82) is 0 Å². The highest BCUT2D eigenvalue weighted by Crippen LogP contribution is 2.29. The largest absolute Gasteiger partial charge is 0.463 e. The number of hydrogen-bond acceptors (Lipinski definition) is 6. The molecular weight excluding hydrogens is 250 g/mol. The van der Waals surface area contributed by atoms with Gasteiger partial charge < -0.3 is 8.83 Å². The summed E-state index contributed by atoms with van der Waals surface area (Å²) in [6, 6.07) is 7.19. The van der Waals surface area contributed by atoms with E-state index in [1.54, 1.807) is 30.7 Å². The van der Waals surface area contributed by atoms with Crippen LogP contribution in [0.2, 0.25) is 0 Å². The van der Waals surface area contributed by atoms with Gasteiger partial charge in [0.2, 0.25) is 5.16 Å². The van der Waals surface area contributed by atoms with Gasteiger partial charge in [-0.15, -0.1) is 10.2 Å². The average molecular weight is 258 g/mol. The molecule has 1 radical (unpaired) electrons. The highest BCUT2D eigenvalue weighted by Gasteiger charge is 2.17. The number of furan rings is 2. The maximum absolute atomic E-state index is 5.36. The summed E-state index contributed by atoms with van der Waals surface area (Å²) < 4.78 is 10.7. The Hall–Kier alpha value is -2.08. The Morgan fingerprint density at radius 3 is 2.17 bits per heavy atom. The molecule has 0 saturated heterocycles. The van der Waals surface area contributed by atoms with Crippen molar-refractivity contribution in [3.8, 4) is 22.9 Å². The van der Waals surface area contributed by atoms with Gasteiger partial charge >= 0.3 is 0 Å². The molecule has 0 aliphatic rings. The highest BCUT2D eigenvalue weighted by atomic mass is 32.2. The third kappa shape index (κ3) is 1.91. The van der Waals surface area contributed by atoms with E-state index in [0.717, 1.165) is 0 Å². The quantitative estimate of drug-likeness (QED) is 0.672. The van der Waals surface area contributed by atoms with Crippen LogP contribution in [0.25, 0.3) is 22.9 Å². The molecule has 0 bridgehead atoms. The van der Waals surface area contributed by atoms with Crippen molar-refractivity contribution in [3.05, 3.63) is 43.0 Å². The van der Waals surface area contributed by atoms with Crippen LogP contribution >= 0.6 is 11.8 Å². The molecule has 0 amide bonds. The smallest absolute Gasteiger partial charge is 0.209 e. The van der Waals surface area contributed by atoms with Gasteiger partial charge in [-0.25, -0.2) is 4.98 Å². The van der Waals surface area contributed by atoms with E-state index in [1.807, 2.05) is 6.07 Å². The lowest BCUT2D eigenvalue weighted by molar-refractivity contribution is 0.567. The summed E-state index contributed by atoms with van der Waals surface area (Å²) in [6.45, 7) is 0. The van der Waals surface area contributed by atoms with Gasteiger partial charge in [-0.3, -0.25) is 0 Å². The van der Waals surface area contributed by atoms with Crippen molar-refractivity contribution in [2.75, 3.05) is 0 Å². The predicted octanol–water partition coefficient (Wildman–Crippen LogP) is 3.28. The summed E-state index contributed by atoms with van der Waals surface area (Å²) in [5.41, 5.74) is 1.14. The molecule has 5 nitrogen and oxygen atoms in total. The topological polar surface area (TPSA) is 65.0 Å². The molecule has 0 atom stereocenters. The van der Waals surface area contributed by atoms with Crippen LogP contribution in [0.15, 0.2) is 50.8 Å². The van der Waals surface area contributed by atoms with E-state index >= 15 is 0 Å². The lowest BCUT2D eigenvalue weighted by Gasteiger charge is -2.03. The number of hydrogen-bond donors (Lipinski definition) is 0. The first-order valence-corrected chi connectivity index (χ1v) is 6.11. The Kier molecular flexibility index (Phi) is 2.85. The minimum absolute atomic E-state index is 0.483. The maximum atomic E-state index is 5.36. The first kappa shape index (κ1) is 11.0. The summed E-state index contributed by atoms with van der Waals surface area (Å²) >= 11 is 1.18. The van der Waals surface area contributed by atoms with Gasteiger partial charge in [0.05, 0.1) is 12.5 Å². The molecule has 3 heterocycles. The molecule has 3 rings (SSSR count). The van der Waals surface area contributed by atoms with Gasteiger partial charge in [0.1, 0.15) is 5.69 Å². The second-order valence-electron chi connectivity index (χ2n) is 3.39. The van der Waals surface area contributed by atoms with Crippen LogP contribution in [0.5, 0.6) is 0 Å². The molecule has 89 valence electrons. The Labute approximate surface area is 107 Å². The zero-order valence-electron chi connectivity index (χ0n) is 9.24. The van der Waals surface area contributed by atoms with E-state index in [-0.39, 0.29) is 0 Å². The van der Waals surface area contributed by atoms with Gasteiger partial charge in [0.15, 0.2) is 17.2 Å². The van der Waals surface area contributed by atoms with Crippen molar-refractivity contribution in [2.45, 2.75) is 5.16 Å². The molecule has 3 aromatic rings. The van der Waals surface area contributed by atoms with Crippen LogP contribution in [-0.2, 0) is 0 Å².